The van der Waals surface area contributed by atoms with Gasteiger partial charge in [-0.05, 0) is 74.2 Å². The summed E-state index contributed by atoms with van der Waals surface area (Å²) in [5.74, 6) is 0.596. The molecule has 0 amide bonds. The molecule has 0 aliphatic heterocycles. The van der Waals surface area contributed by atoms with Gasteiger partial charge in [-0.1, -0.05) is 19.3 Å². The number of rotatable bonds is 10. The van der Waals surface area contributed by atoms with E-state index in [4.69, 9.17) is 0 Å². The molecule has 0 unspecified atom stereocenters. The highest BCUT2D eigenvalue weighted by Crippen LogP contribution is 2.20. The van der Waals surface area contributed by atoms with Crippen molar-refractivity contribution >= 4 is 11.6 Å². The molecule has 0 aliphatic carbocycles. The number of benzene rings is 2. The summed E-state index contributed by atoms with van der Waals surface area (Å²) in [6.07, 6.45) is 5.64. The standard InChI is InChI=1S/C23H28O4/c1-16-14-18(24)10-12-20(16)22(26)8-6-4-3-5-7-9-23(27)21-13-11-19(25)15-17(21)2/h10-15,24-25H,3-9H2,1-2H3. The Labute approximate surface area is 160 Å². The molecule has 0 atom stereocenters. The highest BCUT2D eigenvalue weighted by molar-refractivity contribution is 5.98. The first-order valence-corrected chi connectivity index (χ1v) is 9.54. The predicted octanol–water partition coefficient (Wildman–Crippen LogP) is 5.51. The largest absolute Gasteiger partial charge is 0.508 e. The third-order valence-corrected chi connectivity index (χ3v) is 4.83. The third kappa shape index (κ3) is 6.24. The van der Waals surface area contributed by atoms with Crippen molar-refractivity contribution < 1.29 is 19.8 Å². The molecule has 2 N–H and O–H groups in total. The van der Waals surface area contributed by atoms with Crippen LogP contribution < -0.4 is 0 Å². The van der Waals surface area contributed by atoms with Crippen LogP contribution in [0.2, 0.25) is 0 Å². The van der Waals surface area contributed by atoms with Crippen molar-refractivity contribution in [3.05, 3.63) is 58.7 Å². The number of carbonyl (C=O) groups excluding carboxylic acids is 2. The first kappa shape index (κ1) is 20.7. The van der Waals surface area contributed by atoms with Crippen molar-refractivity contribution in [3.8, 4) is 11.5 Å². The maximum Gasteiger partial charge on any atom is 0.163 e. The van der Waals surface area contributed by atoms with E-state index >= 15 is 0 Å². The minimum absolute atomic E-state index is 0.116. The number of unbranched alkanes of at least 4 members (excludes halogenated alkanes) is 4. The number of phenolic OH excluding ortho intramolecular Hbond substituents is 2. The van der Waals surface area contributed by atoms with E-state index in [1.807, 2.05) is 13.8 Å². The van der Waals surface area contributed by atoms with Gasteiger partial charge in [0, 0.05) is 24.0 Å². The molecular formula is C23H28O4. The van der Waals surface area contributed by atoms with Crippen LogP contribution in [0.15, 0.2) is 36.4 Å². The van der Waals surface area contributed by atoms with Crippen LogP contribution in [0, 0.1) is 13.8 Å². The van der Waals surface area contributed by atoms with Crippen LogP contribution in [-0.2, 0) is 0 Å². The fraction of sp³-hybridized carbons (Fsp3) is 0.391. The zero-order valence-corrected chi connectivity index (χ0v) is 16.1. The van der Waals surface area contributed by atoms with Crippen LogP contribution in [0.1, 0.15) is 76.8 Å². The van der Waals surface area contributed by atoms with Crippen LogP contribution in [0.3, 0.4) is 0 Å². The molecule has 0 fully saturated rings. The monoisotopic (exact) mass is 368 g/mol. The van der Waals surface area contributed by atoms with E-state index in [-0.39, 0.29) is 23.1 Å². The molecule has 0 saturated heterocycles. The summed E-state index contributed by atoms with van der Waals surface area (Å²) in [4.78, 5) is 24.4. The highest BCUT2D eigenvalue weighted by atomic mass is 16.3. The van der Waals surface area contributed by atoms with Gasteiger partial charge >= 0.3 is 0 Å². The smallest absolute Gasteiger partial charge is 0.163 e. The Balaban J connectivity index is 1.63. The second-order valence-electron chi connectivity index (χ2n) is 7.11. The van der Waals surface area contributed by atoms with Crippen molar-refractivity contribution in [1.82, 2.24) is 0 Å². The fourth-order valence-corrected chi connectivity index (χ4v) is 3.29. The zero-order valence-electron chi connectivity index (χ0n) is 16.1. The topological polar surface area (TPSA) is 74.6 Å². The average Bonchev–Trinajstić information content (AvgIpc) is 2.60. The summed E-state index contributed by atoms with van der Waals surface area (Å²) >= 11 is 0. The molecule has 0 aliphatic rings. The van der Waals surface area contributed by atoms with Crippen molar-refractivity contribution in [2.24, 2.45) is 0 Å². The van der Waals surface area contributed by atoms with Gasteiger partial charge in [0.1, 0.15) is 11.5 Å². The molecule has 2 aromatic rings. The van der Waals surface area contributed by atoms with Crippen LogP contribution in [0.5, 0.6) is 11.5 Å². The molecule has 2 aromatic carbocycles. The molecule has 0 heterocycles. The van der Waals surface area contributed by atoms with E-state index in [1.165, 1.54) is 0 Å². The molecule has 0 bridgehead atoms. The third-order valence-electron chi connectivity index (χ3n) is 4.83. The number of aryl methyl sites for hydroxylation is 2. The molecule has 2 rings (SSSR count). The van der Waals surface area contributed by atoms with Crippen molar-refractivity contribution in [2.75, 3.05) is 0 Å². The van der Waals surface area contributed by atoms with Gasteiger partial charge in [0.05, 0.1) is 0 Å². The minimum Gasteiger partial charge on any atom is -0.508 e. The van der Waals surface area contributed by atoms with Gasteiger partial charge in [-0.15, -0.1) is 0 Å². The number of ketones is 2. The van der Waals surface area contributed by atoms with Gasteiger partial charge in [-0.2, -0.15) is 0 Å². The van der Waals surface area contributed by atoms with E-state index < -0.39 is 0 Å². The van der Waals surface area contributed by atoms with Crippen molar-refractivity contribution in [2.45, 2.75) is 58.8 Å². The summed E-state index contributed by atoms with van der Waals surface area (Å²) in [7, 11) is 0. The van der Waals surface area contributed by atoms with Crippen molar-refractivity contribution in [1.29, 1.82) is 0 Å². The van der Waals surface area contributed by atoms with Gasteiger partial charge in [0.15, 0.2) is 11.6 Å². The summed E-state index contributed by atoms with van der Waals surface area (Å²) in [6, 6.07) is 9.69. The fourth-order valence-electron chi connectivity index (χ4n) is 3.29. The summed E-state index contributed by atoms with van der Waals surface area (Å²) in [5, 5.41) is 18.8. The Morgan fingerprint density at radius 2 is 1.04 bits per heavy atom. The first-order valence-electron chi connectivity index (χ1n) is 9.54. The normalized spacial score (nSPS) is 10.7. The van der Waals surface area contributed by atoms with Gasteiger partial charge in [0.25, 0.3) is 0 Å². The molecule has 0 aromatic heterocycles. The van der Waals surface area contributed by atoms with Crippen LogP contribution in [0.4, 0.5) is 0 Å². The molecule has 0 radical (unpaired) electrons. The second kappa shape index (κ2) is 9.91. The number of carbonyl (C=O) groups is 2. The van der Waals surface area contributed by atoms with Crippen LogP contribution >= 0.6 is 0 Å². The molecule has 0 saturated carbocycles. The molecule has 27 heavy (non-hydrogen) atoms. The Bertz CT molecular complexity index is 741. The van der Waals surface area contributed by atoms with Crippen LogP contribution in [0.25, 0.3) is 0 Å². The second-order valence-corrected chi connectivity index (χ2v) is 7.11. The molecule has 0 spiro atoms. The highest BCUT2D eigenvalue weighted by Gasteiger charge is 2.10. The number of phenols is 2. The summed E-state index contributed by atoms with van der Waals surface area (Å²) in [6.45, 7) is 3.67. The quantitative estimate of drug-likeness (QED) is 0.428. The van der Waals surface area contributed by atoms with E-state index in [1.54, 1.807) is 36.4 Å². The lowest BCUT2D eigenvalue weighted by atomic mass is 9.98. The van der Waals surface area contributed by atoms with E-state index in [2.05, 4.69) is 0 Å². The number of aromatic hydroxyl groups is 2. The number of hydrogen-bond donors (Lipinski definition) is 2. The first-order chi connectivity index (χ1) is 12.9. The number of hydrogen-bond acceptors (Lipinski definition) is 4. The van der Waals surface area contributed by atoms with Crippen LogP contribution in [-0.4, -0.2) is 21.8 Å². The van der Waals surface area contributed by atoms with E-state index in [0.717, 1.165) is 43.2 Å². The Morgan fingerprint density at radius 1 is 0.667 bits per heavy atom. The molecule has 4 heteroatoms. The maximum atomic E-state index is 12.2. The maximum absolute atomic E-state index is 12.2. The Morgan fingerprint density at radius 3 is 1.41 bits per heavy atom. The summed E-state index contributed by atoms with van der Waals surface area (Å²) < 4.78 is 0. The lowest BCUT2D eigenvalue weighted by Gasteiger charge is -2.07. The SMILES string of the molecule is Cc1cc(O)ccc1C(=O)CCCCCCCC(=O)c1ccc(O)cc1C. The lowest BCUT2D eigenvalue weighted by molar-refractivity contribution is 0.0973. The van der Waals surface area contributed by atoms with Gasteiger partial charge in [-0.25, -0.2) is 0 Å². The van der Waals surface area contributed by atoms with E-state index in [0.29, 0.717) is 24.0 Å². The molecular weight excluding hydrogens is 340 g/mol. The Hall–Kier alpha value is -2.62. The lowest BCUT2D eigenvalue weighted by Crippen LogP contribution is -2.02. The minimum atomic E-state index is 0.116. The van der Waals surface area contributed by atoms with Gasteiger partial charge in [-0.3, -0.25) is 9.59 Å². The summed E-state index contributed by atoms with van der Waals surface area (Å²) in [5.41, 5.74) is 2.98. The van der Waals surface area contributed by atoms with E-state index in [9.17, 15) is 19.8 Å². The number of Topliss-reactive ketones (excluding diaryl/α,β-unsaturated/α-hetero) is 2. The van der Waals surface area contributed by atoms with Crippen molar-refractivity contribution in [3.63, 3.8) is 0 Å². The van der Waals surface area contributed by atoms with Gasteiger partial charge < -0.3 is 10.2 Å². The van der Waals surface area contributed by atoms with Gasteiger partial charge in [0.2, 0.25) is 0 Å². The molecule has 4 nitrogen and oxygen atoms in total. The molecule has 144 valence electrons. The zero-order chi connectivity index (χ0) is 19.8. The predicted molar refractivity (Wildman–Crippen MR) is 107 cm³/mol. The Kier molecular flexibility index (Phi) is 7.59. The average molecular weight is 368 g/mol.